The third kappa shape index (κ3) is 3.24. The van der Waals surface area contributed by atoms with E-state index in [1.54, 1.807) is 11.4 Å². The van der Waals surface area contributed by atoms with E-state index in [0.29, 0.717) is 4.47 Å². The lowest BCUT2D eigenvalue weighted by Gasteiger charge is -2.06. The second-order valence-corrected chi connectivity index (χ2v) is 7.53. The summed E-state index contributed by atoms with van der Waals surface area (Å²) in [5, 5.41) is 10.3. The van der Waals surface area contributed by atoms with Crippen molar-refractivity contribution in [3.8, 4) is 6.07 Å². The van der Waals surface area contributed by atoms with Crippen molar-refractivity contribution in [2.75, 3.05) is 0 Å². The molecule has 0 spiro atoms. The fourth-order valence-electron chi connectivity index (χ4n) is 1.47. The lowest BCUT2D eigenvalue weighted by Crippen LogP contribution is -2.23. The van der Waals surface area contributed by atoms with Crippen LogP contribution in [0.15, 0.2) is 38.3 Å². The second-order valence-electron chi connectivity index (χ2n) is 3.80. The topological polar surface area (TPSA) is 70.0 Å². The minimum atomic E-state index is -3.69. The van der Waals surface area contributed by atoms with Crippen LogP contribution >= 0.6 is 27.3 Å². The maximum absolute atomic E-state index is 13.6. The highest BCUT2D eigenvalue weighted by atomic mass is 79.9. The molecule has 0 aliphatic carbocycles. The van der Waals surface area contributed by atoms with Gasteiger partial charge >= 0.3 is 0 Å². The predicted molar refractivity (Wildman–Crippen MR) is 77.2 cm³/mol. The van der Waals surface area contributed by atoms with E-state index in [9.17, 15) is 12.8 Å². The highest BCUT2D eigenvalue weighted by Gasteiger charge is 2.19. The smallest absolute Gasteiger partial charge is 0.207 e. The molecular formula is C12H8BrFN2O2S2. The van der Waals surface area contributed by atoms with Crippen LogP contribution in [0.1, 0.15) is 11.1 Å². The molecule has 2 rings (SSSR count). The zero-order chi connectivity index (χ0) is 14.8. The number of rotatable bonds is 4. The quantitative estimate of drug-likeness (QED) is 0.893. The molecule has 0 saturated carbocycles. The number of nitrogens with one attached hydrogen (secondary N) is 1. The van der Waals surface area contributed by atoms with E-state index in [0.717, 1.165) is 17.4 Å². The zero-order valence-electron chi connectivity index (χ0n) is 9.93. The van der Waals surface area contributed by atoms with Crippen LogP contribution in [-0.4, -0.2) is 8.42 Å². The lowest BCUT2D eigenvalue weighted by molar-refractivity contribution is 0.575. The van der Waals surface area contributed by atoms with Gasteiger partial charge in [-0.2, -0.15) is 5.26 Å². The van der Waals surface area contributed by atoms with Gasteiger partial charge in [-0.25, -0.2) is 17.5 Å². The summed E-state index contributed by atoms with van der Waals surface area (Å²) in [5.41, 5.74) is 0.371. The first-order chi connectivity index (χ1) is 9.44. The van der Waals surface area contributed by atoms with Gasteiger partial charge in [-0.15, -0.1) is 11.3 Å². The summed E-state index contributed by atoms with van der Waals surface area (Å²) in [6.45, 7) is -0.176. The van der Waals surface area contributed by atoms with Crippen molar-refractivity contribution in [2.45, 2.75) is 10.8 Å². The highest BCUT2D eigenvalue weighted by Crippen LogP contribution is 2.27. The third-order valence-electron chi connectivity index (χ3n) is 2.46. The molecular weight excluding hydrogens is 367 g/mol. The van der Waals surface area contributed by atoms with Crippen molar-refractivity contribution < 1.29 is 12.8 Å². The molecule has 0 aliphatic rings. The number of halogens is 2. The molecule has 0 bridgehead atoms. The summed E-state index contributed by atoms with van der Waals surface area (Å²) in [6, 6.07) is 7.34. The maximum Gasteiger partial charge on any atom is 0.251 e. The number of nitrogens with zero attached hydrogens (tertiary/aromatic N) is 1. The molecule has 0 atom stereocenters. The standard InChI is InChI=1S/C12H8BrFN2O2S2/c13-10-3-4-19-12(10)20(17,18)16-7-9-2-1-8(6-15)5-11(9)14/h1-5,16H,7H2. The Hall–Kier alpha value is -1.27. The lowest BCUT2D eigenvalue weighted by atomic mass is 10.1. The molecule has 0 unspecified atom stereocenters. The van der Waals surface area contributed by atoms with Gasteiger partial charge in [0, 0.05) is 16.6 Å². The minimum Gasteiger partial charge on any atom is -0.207 e. The number of thiophene rings is 1. The van der Waals surface area contributed by atoms with E-state index in [1.807, 2.05) is 6.07 Å². The summed E-state index contributed by atoms with van der Waals surface area (Å²) in [7, 11) is -3.69. The molecule has 1 aromatic heterocycles. The highest BCUT2D eigenvalue weighted by molar-refractivity contribution is 9.10. The van der Waals surface area contributed by atoms with Gasteiger partial charge in [0.2, 0.25) is 0 Å². The molecule has 1 N–H and O–H groups in total. The number of hydrogen-bond acceptors (Lipinski definition) is 4. The molecule has 2 aromatic rings. The van der Waals surface area contributed by atoms with Crippen LogP contribution in [0.4, 0.5) is 4.39 Å². The van der Waals surface area contributed by atoms with Crippen LogP contribution in [0.5, 0.6) is 0 Å². The molecule has 0 aliphatic heterocycles. The van der Waals surface area contributed by atoms with E-state index >= 15 is 0 Å². The SMILES string of the molecule is N#Cc1ccc(CNS(=O)(=O)c2sccc2Br)c(F)c1. The molecule has 20 heavy (non-hydrogen) atoms. The van der Waals surface area contributed by atoms with Gasteiger partial charge in [0.25, 0.3) is 10.0 Å². The number of sulfonamides is 1. The first-order valence-corrected chi connectivity index (χ1v) is 8.51. The van der Waals surface area contributed by atoms with Gasteiger partial charge in [-0.3, -0.25) is 0 Å². The van der Waals surface area contributed by atoms with Crippen molar-refractivity contribution in [3.63, 3.8) is 0 Å². The Morgan fingerprint density at radius 1 is 1.40 bits per heavy atom. The van der Waals surface area contributed by atoms with Gasteiger partial charge < -0.3 is 0 Å². The van der Waals surface area contributed by atoms with Gasteiger partial charge in [-0.05, 0) is 39.5 Å². The average Bonchev–Trinajstić information content (AvgIpc) is 2.84. The minimum absolute atomic E-state index is 0.145. The van der Waals surface area contributed by atoms with Crippen molar-refractivity contribution in [1.82, 2.24) is 4.72 Å². The van der Waals surface area contributed by atoms with Gasteiger partial charge in [0.1, 0.15) is 10.0 Å². The van der Waals surface area contributed by atoms with Gasteiger partial charge in [0.15, 0.2) is 0 Å². The Morgan fingerprint density at radius 3 is 2.70 bits per heavy atom. The zero-order valence-corrected chi connectivity index (χ0v) is 13.1. The molecule has 8 heteroatoms. The Morgan fingerprint density at radius 2 is 2.15 bits per heavy atom. The van der Waals surface area contributed by atoms with E-state index in [1.165, 1.54) is 12.1 Å². The predicted octanol–water partition coefficient (Wildman–Crippen LogP) is 3.00. The largest absolute Gasteiger partial charge is 0.251 e. The Balaban J connectivity index is 2.17. The Kier molecular flexibility index (Phi) is 4.55. The fourth-order valence-corrected chi connectivity index (χ4v) is 4.86. The normalized spacial score (nSPS) is 11.2. The number of benzene rings is 1. The maximum atomic E-state index is 13.6. The molecule has 0 amide bonds. The molecule has 0 saturated heterocycles. The fraction of sp³-hybridized carbons (Fsp3) is 0.0833. The van der Waals surface area contributed by atoms with E-state index < -0.39 is 15.8 Å². The molecule has 0 radical (unpaired) electrons. The molecule has 4 nitrogen and oxygen atoms in total. The van der Waals surface area contributed by atoms with Crippen LogP contribution < -0.4 is 4.72 Å². The van der Waals surface area contributed by atoms with Crippen LogP contribution in [0.25, 0.3) is 0 Å². The Bertz CT molecular complexity index is 781. The van der Waals surface area contributed by atoms with Gasteiger partial charge in [0.05, 0.1) is 11.6 Å². The van der Waals surface area contributed by atoms with Crippen LogP contribution in [-0.2, 0) is 16.6 Å². The van der Waals surface area contributed by atoms with E-state index in [-0.39, 0.29) is 21.9 Å². The first-order valence-electron chi connectivity index (χ1n) is 5.35. The van der Waals surface area contributed by atoms with Crippen LogP contribution in [0.2, 0.25) is 0 Å². The van der Waals surface area contributed by atoms with Crippen molar-refractivity contribution >= 4 is 37.3 Å². The summed E-state index contributed by atoms with van der Waals surface area (Å²) in [5.74, 6) is -0.614. The molecule has 1 heterocycles. The number of nitriles is 1. The summed E-state index contributed by atoms with van der Waals surface area (Å²) in [4.78, 5) is 0. The second kappa shape index (κ2) is 6.01. The van der Waals surface area contributed by atoms with E-state index in [2.05, 4.69) is 20.7 Å². The Labute approximate surface area is 128 Å². The summed E-state index contributed by atoms with van der Waals surface area (Å²) in [6.07, 6.45) is 0. The van der Waals surface area contributed by atoms with Gasteiger partial charge in [-0.1, -0.05) is 6.07 Å². The third-order valence-corrected chi connectivity index (χ3v) is 6.53. The average molecular weight is 375 g/mol. The number of hydrogen-bond donors (Lipinski definition) is 1. The molecule has 104 valence electrons. The summed E-state index contributed by atoms with van der Waals surface area (Å²) >= 11 is 4.21. The first kappa shape index (κ1) is 15.1. The summed E-state index contributed by atoms with van der Waals surface area (Å²) < 4.78 is 40.6. The van der Waals surface area contributed by atoms with Crippen LogP contribution in [0.3, 0.4) is 0 Å². The molecule has 1 aromatic carbocycles. The van der Waals surface area contributed by atoms with Crippen molar-refractivity contribution in [1.29, 1.82) is 5.26 Å². The van der Waals surface area contributed by atoms with Crippen molar-refractivity contribution in [3.05, 3.63) is 51.1 Å². The molecule has 0 fully saturated rings. The monoisotopic (exact) mass is 374 g/mol. The van der Waals surface area contributed by atoms with Crippen LogP contribution in [0, 0.1) is 17.1 Å². The van der Waals surface area contributed by atoms with Crippen molar-refractivity contribution in [2.24, 2.45) is 0 Å². The van der Waals surface area contributed by atoms with E-state index in [4.69, 9.17) is 5.26 Å².